The van der Waals surface area contributed by atoms with Gasteiger partial charge < -0.3 is 5.11 Å². The molecule has 0 amide bonds. The van der Waals surface area contributed by atoms with E-state index in [0.29, 0.717) is 5.82 Å². The number of pyridine rings is 1. The molecule has 0 radical (unpaired) electrons. The van der Waals surface area contributed by atoms with Crippen molar-refractivity contribution in [2.75, 3.05) is 0 Å². The van der Waals surface area contributed by atoms with Crippen molar-refractivity contribution in [3.05, 3.63) is 41.6 Å². The van der Waals surface area contributed by atoms with Gasteiger partial charge in [0.2, 0.25) is 0 Å². The predicted molar refractivity (Wildman–Crippen MR) is 65.0 cm³/mol. The van der Waals surface area contributed by atoms with Gasteiger partial charge in [-0.05, 0) is 37.8 Å². The van der Waals surface area contributed by atoms with E-state index in [1.54, 1.807) is 24.7 Å². The molecule has 1 N–H and O–H groups in total. The summed E-state index contributed by atoms with van der Waals surface area (Å²) in [5.41, 5.74) is 2.38. The summed E-state index contributed by atoms with van der Waals surface area (Å²) in [4.78, 5) is 19.8. The molecule has 18 heavy (non-hydrogen) atoms. The van der Waals surface area contributed by atoms with Crippen molar-refractivity contribution < 1.29 is 9.90 Å². The van der Waals surface area contributed by atoms with Gasteiger partial charge in [0.05, 0.1) is 5.69 Å². The number of fused-ring (bicyclic) bond motifs is 1. The molecule has 0 saturated carbocycles. The van der Waals surface area contributed by atoms with Crippen molar-refractivity contribution in [1.82, 2.24) is 14.5 Å². The molecule has 2 aromatic rings. The fourth-order valence-electron chi connectivity index (χ4n) is 2.41. The Morgan fingerprint density at radius 2 is 2.11 bits per heavy atom. The zero-order valence-electron chi connectivity index (χ0n) is 9.83. The van der Waals surface area contributed by atoms with Gasteiger partial charge in [0.1, 0.15) is 11.9 Å². The van der Waals surface area contributed by atoms with Gasteiger partial charge in [-0.1, -0.05) is 0 Å². The van der Waals surface area contributed by atoms with Crippen molar-refractivity contribution in [2.45, 2.75) is 25.7 Å². The van der Waals surface area contributed by atoms with E-state index in [1.807, 2.05) is 4.57 Å². The summed E-state index contributed by atoms with van der Waals surface area (Å²) in [5.74, 6) is -0.503. The highest BCUT2D eigenvalue weighted by Crippen LogP contribution is 2.23. The molecule has 0 spiro atoms. The molecule has 0 aromatic carbocycles. The summed E-state index contributed by atoms with van der Waals surface area (Å²) < 4.78 is 1.82. The SMILES string of the molecule is O=C(O)c1cccnc1-n1cnc2c1CCCC2. The molecule has 5 heteroatoms. The highest BCUT2D eigenvalue weighted by Gasteiger charge is 2.20. The Balaban J connectivity index is 2.15. The topological polar surface area (TPSA) is 68.0 Å². The molecule has 1 aliphatic carbocycles. The molecular formula is C13H13N3O2. The van der Waals surface area contributed by atoms with Gasteiger partial charge in [-0.3, -0.25) is 4.57 Å². The van der Waals surface area contributed by atoms with Crippen LogP contribution in [0.2, 0.25) is 0 Å². The van der Waals surface area contributed by atoms with E-state index >= 15 is 0 Å². The number of aromatic nitrogens is 3. The summed E-state index contributed by atoms with van der Waals surface area (Å²) in [6, 6.07) is 3.20. The normalized spacial score (nSPS) is 14.2. The number of hydrogen-bond acceptors (Lipinski definition) is 3. The Hall–Kier alpha value is -2.17. The molecule has 0 atom stereocenters. The molecule has 0 fully saturated rings. The first-order chi connectivity index (χ1) is 8.77. The third kappa shape index (κ3) is 1.68. The second-order valence-corrected chi connectivity index (χ2v) is 4.39. The third-order valence-electron chi connectivity index (χ3n) is 3.28. The molecule has 92 valence electrons. The van der Waals surface area contributed by atoms with Crippen molar-refractivity contribution in [3.63, 3.8) is 0 Å². The van der Waals surface area contributed by atoms with Crippen molar-refractivity contribution in [3.8, 4) is 5.82 Å². The van der Waals surface area contributed by atoms with E-state index in [1.165, 1.54) is 0 Å². The lowest BCUT2D eigenvalue weighted by Crippen LogP contribution is -2.11. The molecule has 0 bridgehead atoms. The van der Waals surface area contributed by atoms with Crippen LogP contribution in [0.5, 0.6) is 0 Å². The number of nitrogens with zero attached hydrogens (tertiary/aromatic N) is 3. The van der Waals surface area contributed by atoms with Gasteiger partial charge >= 0.3 is 5.97 Å². The maximum atomic E-state index is 11.2. The van der Waals surface area contributed by atoms with Crippen LogP contribution in [0.25, 0.3) is 5.82 Å². The van der Waals surface area contributed by atoms with E-state index in [2.05, 4.69) is 9.97 Å². The Labute approximate surface area is 104 Å². The van der Waals surface area contributed by atoms with Crippen LogP contribution in [0.1, 0.15) is 34.6 Å². The number of carboxylic acid groups (broad SMARTS) is 1. The standard InChI is InChI=1S/C13H13N3O2/c17-13(18)9-4-3-7-14-12(9)16-8-15-10-5-1-2-6-11(10)16/h3-4,7-8H,1-2,5-6H2,(H,17,18). The monoisotopic (exact) mass is 243 g/mol. The molecular weight excluding hydrogens is 230 g/mol. The molecule has 0 saturated heterocycles. The Morgan fingerprint density at radius 3 is 2.94 bits per heavy atom. The van der Waals surface area contributed by atoms with Gasteiger partial charge in [-0.15, -0.1) is 0 Å². The van der Waals surface area contributed by atoms with Crippen LogP contribution in [0.15, 0.2) is 24.7 Å². The van der Waals surface area contributed by atoms with E-state index in [-0.39, 0.29) is 5.56 Å². The first-order valence-electron chi connectivity index (χ1n) is 6.01. The lowest BCUT2D eigenvalue weighted by molar-refractivity contribution is 0.0696. The second kappa shape index (κ2) is 4.25. The number of hydrogen-bond donors (Lipinski definition) is 1. The van der Waals surface area contributed by atoms with Crippen molar-refractivity contribution in [1.29, 1.82) is 0 Å². The Bertz CT molecular complexity index is 604. The fourth-order valence-corrected chi connectivity index (χ4v) is 2.41. The number of rotatable bonds is 2. The minimum atomic E-state index is -0.962. The maximum absolute atomic E-state index is 11.2. The minimum absolute atomic E-state index is 0.211. The lowest BCUT2D eigenvalue weighted by Gasteiger charge is -2.14. The van der Waals surface area contributed by atoms with Crippen LogP contribution in [-0.2, 0) is 12.8 Å². The van der Waals surface area contributed by atoms with Crippen molar-refractivity contribution >= 4 is 5.97 Å². The summed E-state index contributed by atoms with van der Waals surface area (Å²) in [5, 5.41) is 9.19. The summed E-state index contributed by atoms with van der Waals surface area (Å²) in [7, 11) is 0. The number of imidazole rings is 1. The summed E-state index contributed by atoms with van der Waals surface area (Å²) in [6.45, 7) is 0. The van der Waals surface area contributed by atoms with E-state index in [9.17, 15) is 9.90 Å². The van der Waals surface area contributed by atoms with E-state index < -0.39 is 5.97 Å². The zero-order valence-corrected chi connectivity index (χ0v) is 9.83. The summed E-state index contributed by atoms with van der Waals surface area (Å²) in [6.07, 6.45) is 7.47. The number of carboxylic acids is 1. The minimum Gasteiger partial charge on any atom is -0.478 e. The van der Waals surface area contributed by atoms with E-state index in [0.717, 1.165) is 37.1 Å². The third-order valence-corrected chi connectivity index (χ3v) is 3.28. The van der Waals surface area contributed by atoms with Crippen LogP contribution in [-0.4, -0.2) is 25.6 Å². The first kappa shape index (κ1) is 11.0. The molecule has 2 heterocycles. The van der Waals surface area contributed by atoms with Crippen LogP contribution in [0.3, 0.4) is 0 Å². The smallest absolute Gasteiger partial charge is 0.339 e. The molecule has 1 aliphatic rings. The van der Waals surface area contributed by atoms with Gasteiger partial charge in [0.15, 0.2) is 5.82 Å². The average Bonchev–Trinajstić information content (AvgIpc) is 2.82. The predicted octanol–water partition coefficient (Wildman–Crippen LogP) is 1.84. The molecule has 0 unspecified atom stereocenters. The maximum Gasteiger partial charge on any atom is 0.339 e. The quantitative estimate of drug-likeness (QED) is 0.873. The molecule has 2 aromatic heterocycles. The van der Waals surface area contributed by atoms with E-state index in [4.69, 9.17) is 0 Å². The highest BCUT2D eigenvalue weighted by molar-refractivity contribution is 5.91. The summed E-state index contributed by atoms with van der Waals surface area (Å²) >= 11 is 0. The first-order valence-corrected chi connectivity index (χ1v) is 6.01. The highest BCUT2D eigenvalue weighted by atomic mass is 16.4. The Morgan fingerprint density at radius 1 is 1.28 bits per heavy atom. The molecule has 5 nitrogen and oxygen atoms in total. The number of aryl methyl sites for hydroxylation is 1. The van der Waals surface area contributed by atoms with Gasteiger partial charge in [-0.25, -0.2) is 14.8 Å². The van der Waals surface area contributed by atoms with Gasteiger partial charge in [-0.2, -0.15) is 0 Å². The number of aromatic carboxylic acids is 1. The van der Waals surface area contributed by atoms with Crippen LogP contribution in [0, 0.1) is 0 Å². The number of carbonyl (C=O) groups is 1. The zero-order chi connectivity index (χ0) is 12.5. The van der Waals surface area contributed by atoms with Gasteiger partial charge in [0.25, 0.3) is 0 Å². The Kier molecular flexibility index (Phi) is 2.59. The second-order valence-electron chi connectivity index (χ2n) is 4.39. The van der Waals surface area contributed by atoms with Crippen LogP contribution < -0.4 is 0 Å². The van der Waals surface area contributed by atoms with Crippen molar-refractivity contribution in [2.24, 2.45) is 0 Å². The van der Waals surface area contributed by atoms with Crippen LogP contribution in [0.4, 0.5) is 0 Å². The fraction of sp³-hybridized carbons (Fsp3) is 0.308. The van der Waals surface area contributed by atoms with Gasteiger partial charge in [0, 0.05) is 11.9 Å². The van der Waals surface area contributed by atoms with Crippen LogP contribution >= 0.6 is 0 Å². The lowest BCUT2D eigenvalue weighted by atomic mass is 10.0. The molecule has 3 rings (SSSR count). The largest absolute Gasteiger partial charge is 0.478 e. The molecule has 0 aliphatic heterocycles. The average molecular weight is 243 g/mol.